The molecule has 0 aliphatic rings. The van der Waals surface area contributed by atoms with Gasteiger partial charge in [-0.3, -0.25) is 4.98 Å². The van der Waals surface area contributed by atoms with Crippen molar-refractivity contribution in [2.24, 2.45) is 0 Å². The van der Waals surface area contributed by atoms with E-state index in [-0.39, 0.29) is 0 Å². The molecular weight excluding hydrogens is 300 g/mol. The van der Waals surface area contributed by atoms with Gasteiger partial charge in [-0.2, -0.15) is 5.10 Å². The quantitative estimate of drug-likeness (QED) is 0.566. The Morgan fingerprint density at radius 2 is 2.04 bits per heavy atom. The number of nitrogen functional groups attached to an aromatic ring is 1. The molecule has 0 saturated carbocycles. The normalized spacial score (nSPS) is 10.8. The number of aromatic nitrogens is 4. The van der Waals surface area contributed by atoms with Crippen molar-refractivity contribution in [2.45, 2.75) is 6.54 Å². The third-order valence-corrected chi connectivity index (χ3v) is 3.76. The zero-order valence-corrected chi connectivity index (χ0v) is 12.9. The molecule has 6 heteroatoms. The molecule has 3 aromatic heterocycles. The second kappa shape index (κ2) is 6.00. The molecule has 4 rings (SSSR count). The van der Waals surface area contributed by atoms with Crippen molar-refractivity contribution in [2.75, 3.05) is 11.1 Å². The van der Waals surface area contributed by atoms with Gasteiger partial charge in [-0.05, 0) is 35.4 Å². The molecule has 0 unspecified atom stereocenters. The molecule has 24 heavy (non-hydrogen) atoms. The van der Waals surface area contributed by atoms with Crippen LogP contribution in [0.15, 0.2) is 67.3 Å². The van der Waals surface area contributed by atoms with E-state index < -0.39 is 0 Å². The summed E-state index contributed by atoms with van der Waals surface area (Å²) in [4.78, 5) is 8.80. The number of fused-ring (bicyclic) bond motifs is 1. The average molecular weight is 316 g/mol. The first-order valence-electron chi connectivity index (χ1n) is 7.63. The van der Waals surface area contributed by atoms with Crippen LogP contribution in [0, 0.1) is 0 Å². The van der Waals surface area contributed by atoms with Crippen LogP contribution in [-0.2, 0) is 6.54 Å². The number of hydrogen-bond acceptors (Lipinski definition) is 5. The summed E-state index contributed by atoms with van der Waals surface area (Å²) in [5.74, 6) is 0.789. The van der Waals surface area contributed by atoms with Gasteiger partial charge in [0.05, 0.1) is 6.20 Å². The highest BCUT2D eigenvalue weighted by Crippen LogP contribution is 2.25. The molecule has 118 valence electrons. The maximum Gasteiger partial charge on any atom is 0.165 e. The van der Waals surface area contributed by atoms with Crippen LogP contribution in [0.1, 0.15) is 5.56 Å². The predicted molar refractivity (Wildman–Crippen MR) is 94.4 cm³/mol. The molecule has 0 spiro atoms. The fraction of sp³-hybridized carbons (Fsp3) is 0.0556. The number of benzene rings is 1. The van der Waals surface area contributed by atoms with Crippen LogP contribution in [-0.4, -0.2) is 19.6 Å². The summed E-state index contributed by atoms with van der Waals surface area (Å²) >= 11 is 0. The first kappa shape index (κ1) is 14.2. The first-order chi connectivity index (χ1) is 11.8. The molecular formula is C18H16N6. The molecule has 0 bridgehead atoms. The molecule has 3 N–H and O–H groups in total. The van der Waals surface area contributed by atoms with Crippen molar-refractivity contribution < 1.29 is 0 Å². The number of pyridine rings is 1. The fourth-order valence-corrected chi connectivity index (χ4v) is 2.57. The van der Waals surface area contributed by atoms with E-state index in [0.29, 0.717) is 6.54 Å². The fourth-order valence-electron chi connectivity index (χ4n) is 2.57. The molecule has 0 radical (unpaired) electrons. The van der Waals surface area contributed by atoms with Crippen molar-refractivity contribution in [1.82, 2.24) is 19.6 Å². The van der Waals surface area contributed by atoms with Crippen LogP contribution in [0.3, 0.4) is 0 Å². The molecule has 0 saturated heterocycles. The molecule has 0 aliphatic heterocycles. The minimum Gasteiger partial charge on any atom is -0.399 e. The highest BCUT2D eigenvalue weighted by Gasteiger charge is 2.09. The number of anilines is 2. The van der Waals surface area contributed by atoms with E-state index in [1.165, 1.54) is 0 Å². The van der Waals surface area contributed by atoms with Crippen LogP contribution < -0.4 is 11.1 Å². The molecule has 6 nitrogen and oxygen atoms in total. The van der Waals surface area contributed by atoms with Gasteiger partial charge in [-0.25, -0.2) is 9.50 Å². The zero-order valence-electron chi connectivity index (χ0n) is 12.9. The van der Waals surface area contributed by atoms with Crippen LogP contribution >= 0.6 is 0 Å². The minimum absolute atomic E-state index is 0.665. The van der Waals surface area contributed by atoms with Gasteiger partial charge in [0, 0.05) is 36.4 Å². The summed E-state index contributed by atoms with van der Waals surface area (Å²) in [5, 5.41) is 7.68. The van der Waals surface area contributed by atoms with Gasteiger partial charge < -0.3 is 11.1 Å². The van der Waals surface area contributed by atoms with Crippen LogP contribution in [0.4, 0.5) is 11.5 Å². The summed E-state index contributed by atoms with van der Waals surface area (Å²) < 4.78 is 1.76. The van der Waals surface area contributed by atoms with E-state index in [4.69, 9.17) is 5.73 Å². The summed E-state index contributed by atoms with van der Waals surface area (Å²) in [6.45, 7) is 0.665. The smallest absolute Gasteiger partial charge is 0.165 e. The Labute approximate surface area is 139 Å². The summed E-state index contributed by atoms with van der Waals surface area (Å²) in [7, 11) is 0. The Morgan fingerprint density at radius 3 is 2.88 bits per heavy atom. The lowest BCUT2D eigenvalue weighted by atomic mass is 10.1. The Morgan fingerprint density at radius 1 is 1.08 bits per heavy atom. The Balaban J connectivity index is 1.66. The van der Waals surface area contributed by atoms with Gasteiger partial charge in [-0.15, -0.1) is 0 Å². The van der Waals surface area contributed by atoms with E-state index in [2.05, 4.69) is 20.4 Å². The number of hydrogen-bond donors (Lipinski definition) is 2. The summed E-state index contributed by atoms with van der Waals surface area (Å²) in [6, 6.07) is 13.6. The summed E-state index contributed by atoms with van der Waals surface area (Å²) in [6.07, 6.45) is 7.30. The van der Waals surface area contributed by atoms with E-state index in [0.717, 1.165) is 33.8 Å². The van der Waals surface area contributed by atoms with E-state index >= 15 is 0 Å². The van der Waals surface area contributed by atoms with Crippen LogP contribution in [0.5, 0.6) is 0 Å². The molecule has 0 fully saturated rings. The SMILES string of the molecule is Nc1cccc(-c2cnn3ccc(NCc4cccnc4)nc23)c1. The Hall–Kier alpha value is -3.41. The van der Waals surface area contributed by atoms with Gasteiger partial charge in [0.25, 0.3) is 0 Å². The van der Waals surface area contributed by atoms with Crippen molar-refractivity contribution in [3.05, 3.63) is 72.8 Å². The second-order valence-corrected chi connectivity index (χ2v) is 5.48. The monoisotopic (exact) mass is 316 g/mol. The van der Waals surface area contributed by atoms with Crippen molar-refractivity contribution in [3.63, 3.8) is 0 Å². The molecule has 4 aromatic rings. The van der Waals surface area contributed by atoms with Crippen LogP contribution in [0.2, 0.25) is 0 Å². The number of rotatable bonds is 4. The maximum absolute atomic E-state index is 5.88. The van der Waals surface area contributed by atoms with E-state index in [1.54, 1.807) is 10.7 Å². The summed E-state index contributed by atoms with van der Waals surface area (Å²) in [5.41, 5.74) is 10.4. The van der Waals surface area contributed by atoms with Gasteiger partial charge in [-0.1, -0.05) is 18.2 Å². The number of nitrogens with zero attached hydrogens (tertiary/aromatic N) is 4. The standard InChI is InChI=1S/C18H16N6/c19-15-5-1-4-14(9-15)16-12-22-24-8-6-17(23-18(16)24)21-11-13-3-2-7-20-10-13/h1-10,12H,11,19H2,(H,21,23). The molecule has 0 aliphatic carbocycles. The second-order valence-electron chi connectivity index (χ2n) is 5.48. The largest absolute Gasteiger partial charge is 0.399 e. The topological polar surface area (TPSA) is 81.1 Å². The number of nitrogens with one attached hydrogen (secondary N) is 1. The van der Waals surface area contributed by atoms with Gasteiger partial charge in [0.15, 0.2) is 5.65 Å². The zero-order chi connectivity index (χ0) is 16.4. The van der Waals surface area contributed by atoms with Gasteiger partial charge in [0.1, 0.15) is 5.82 Å². The van der Waals surface area contributed by atoms with Crippen molar-refractivity contribution in [3.8, 4) is 11.1 Å². The van der Waals surface area contributed by atoms with Gasteiger partial charge in [0.2, 0.25) is 0 Å². The van der Waals surface area contributed by atoms with Crippen molar-refractivity contribution >= 4 is 17.2 Å². The van der Waals surface area contributed by atoms with Gasteiger partial charge >= 0.3 is 0 Å². The Bertz CT molecular complexity index is 977. The first-order valence-corrected chi connectivity index (χ1v) is 7.63. The highest BCUT2D eigenvalue weighted by molar-refractivity contribution is 5.79. The molecule has 0 amide bonds. The average Bonchev–Trinajstić information content (AvgIpc) is 3.04. The Kier molecular flexibility index (Phi) is 3.55. The lowest BCUT2D eigenvalue weighted by Crippen LogP contribution is -2.03. The number of nitrogens with two attached hydrogens (primary N) is 1. The highest BCUT2D eigenvalue weighted by atomic mass is 15.2. The predicted octanol–water partition coefficient (Wildman–Crippen LogP) is 2.99. The van der Waals surface area contributed by atoms with Crippen molar-refractivity contribution in [1.29, 1.82) is 0 Å². The van der Waals surface area contributed by atoms with Crippen LogP contribution in [0.25, 0.3) is 16.8 Å². The molecule has 0 atom stereocenters. The molecule has 1 aromatic carbocycles. The third kappa shape index (κ3) is 2.77. The maximum atomic E-state index is 5.88. The minimum atomic E-state index is 0.665. The third-order valence-electron chi connectivity index (χ3n) is 3.76. The van der Waals surface area contributed by atoms with E-state index in [1.807, 2.05) is 61.1 Å². The molecule has 3 heterocycles. The van der Waals surface area contributed by atoms with E-state index in [9.17, 15) is 0 Å². The lowest BCUT2D eigenvalue weighted by molar-refractivity contribution is 0.936. The lowest BCUT2D eigenvalue weighted by Gasteiger charge is -2.06.